The number of para-hydroxylation sites is 1. The number of alkyl carbamates (subject to hydrolysis) is 1. The summed E-state index contributed by atoms with van der Waals surface area (Å²) in [5.41, 5.74) is 0.0261. The standard InChI is InChI=1S/C20H23NO5/c1-20(2,3)26-19(24)21-17(18(22)23)13-14-8-7-11-16(12-14)25-15-9-5-4-6-10-15/h4-12,17H,13H2,1-3H3,(H,21,24)(H,22,23)/t17-/m0/s1. The van der Waals surface area contributed by atoms with Crippen LogP contribution in [0.1, 0.15) is 26.3 Å². The van der Waals surface area contributed by atoms with Crippen LogP contribution < -0.4 is 10.1 Å². The van der Waals surface area contributed by atoms with Gasteiger partial charge in [0.15, 0.2) is 0 Å². The van der Waals surface area contributed by atoms with Crippen molar-refractivity contribution in [2.75, 3.05) is 0 Å². The molecule has 0 heterocycles. The summed E-state index contributed by atoms with van der Waals surface area (Å²) in [6.07, 6.45) is -0.651. The van der Waals surface area contributed by atoms with Crippen molar-refractivity contribution < 1.29 is 24.2 Å². The Hall–Kier alpha value is -3.02. The van der Waals surface area contributed by atoms with Crippen molar-refractivity contribution in [2.24, 2.45) is 0 Å². The summed E-state index contributed by atoms with van der Waals surface area (Å²) < 4.78 is 10.9. The first-order chi connectivity index (χ1) is 12.2. The molecule has 1 atom stereocenters. The van der Waals surface area contributed by atoms with Gasteiger partial charge in [-0.2, -0.15) is 0 Å². The topological polar surface area (TPSA) is 84.9 Å². The van der Waals surface area contributed by atoms with Crippen LogP contribution in [0.15, 0.2) is 54.6 Å². The van der Waals surface area contributed by atoms with Crippen LogP contribution in [0.3, 0.4) is 0 Å². The van der Waals surface area contributed by atoms with E-state index >= 15 is 0 Å². The van der Waals surface area contributed by atoms with Gasteiger partial charge in [-0.05, 0) is 50.6 Å². The summed E-state index contributed by atoms with van der Waals surface area (Å²) in [7, 11) is 0. The number of ether oxygens (including phenoxy) is 2. The van der Waals surface area contributed by atoms with Crippen LogP contribution in [-0.2, 0) is 16.0 Å². The number of rotatable bonds is 6. The molecule has 138 valence electrons. The number of carboxylic acid groups (broad SMARTS) is 1. The first-order valence-electron chi connectivity index (χ1n) is 8.27. The molecule has 0 saturated heterocycles. The normalized spacial score (nSPS) is 12.1. The van der Waals surface area contributed by atoms with E-state index in [1.54, 1.807) is 45.0 Å². The minimum atomic E-state index is -1.13. The van der Waals surface area contributed by atoms with Crippen molar-refractivity contribution in [1.29, 1.82) is 0 Å². The molecule has 6 nitrogen and oxygen atoms in total. The molecule has 0 aliphatic heterocycles. The third kappa shape index (κ3) is 6.47. The third-order valence-electron chi connectivity index (χ3n) is 3.31. The summed E-state index contributed by atoms with van der Waals surface area (Å²) >= 11 is 0. The summed E-state index contributed by atoms with van der Waals surface area (Å²) in [4.78, 5) is 23.3. The SMILES string of the molecule is CC(C)(C)OC(=O)N[C@@H](Cc1cccc(Oc2ccccc2)c1)C(=O)O. The number of carboxylic acids is 1. The molecule has 0 spiro atoms. The Morgan fingerprint density at radius 1 is 1.04 bits per heavy atom. The zero-order valence-electron chi connectivity index (χ0n) is 15.1. The van der Waals surface area contributed by atoms with Crippen LogP contribution in [0, 0.1) is 0 Å². The van der Waals surface area contributed by atoms with Crippen LogP contribution in [0.4, 0.5) is 4.79 Å². The highest BCUT2D eigenvalue weighted by molar-refractivity contribution is 5.80. The molecule has 2 aromatic carbocycles. The molecule has 0 saturated carbocycles. The number of hydrogen-bond donors (Lipinski definition) is 2. The van der Waals surface area contributed by atoms with Gasteiger partial charge in [0.2, 0.25) is 0 Å². The van der Waals surface area contributed by atoms with Gasteiger partial charge in [-0.25, -0.2) is 9.59 Å². The van der Waals surface area contributed by atoms with Gasteiger partial charge < -0.3 is 19.9 Å². The van der Waals surface area contributed by atoms with E-state index < -0.39 is 23.7 Å². The molecule has 2 N–H and O–H groups in total. The van der Waals surface area contributed by atoms with Crippen LogP contribution in [0.5, 0.6) is 11.5 Å². The van der Waals surface area contributed by atoms with Crippen LogP contribution in [0.25, 0.3) is 0 Å². The highest BCUT2D eigenvalue weighted by Gasteiger charge is 2.24. The van der Waals surface area contributed by atoms with Crippen molar-refractivity contribution in [2.45, 2.75) is 38.8 Å². The molecule has 0 aromatic heterocycles. The minimum Gasteiger partial charge on any atom is -0.480 e. The van der Waals surface area contributed by atoms with Gasteiger partial charge in [0.1, 0.15) is 23.1 Å². The van der Waals surface area contributed by atoms with Crippen molar-refractivity contribution in [1.82, 2.24) is 5.32 Å². The minimum absolute atomic E-state index is 0.112. The van der Waals surface area contributed by atoms with E-state index in [4.69, 9.17) is 9.47 Å². The van der Waals surface area contributed by atoms with Crippen molar-refractivity contribution in [3.63, 3.8) is 0 Å². The molecule has 0 fully saturated rings. The number of carbonyl (C=O) groups is 2. The van der Waals surface area contributed by atoms with E-state index in [0.29, 0.717) is 11.5 Å². The smallest absolute Gasteiger partial charge is 0.408 e. The number of nitrogens with one attached hydrogen (secondary N) is 1. The van der Waals surface area contributed by atoms with Gasteiger partial charge in [-0.15, -0.1) is 0 Å². The number of benzene rings is 2. The molecule has 0 radical (unpaired) electrons. The number of carbonyl (C=O) groups excluding carboxylic acids is 1. The van der Waals surface area contributed by atoms with Crippen LogP contribution in [0.2, 0.25) is 0 Å². The van der Waals surface area contributed by atoms with Crippen molar-refractivity contribution >= 4 is 12.1 Å². The molecule has 1 amide bonds. The average Bonchev–Trinajstić information content (AvgIpc) is 2.53. The maximum absolute atomic E-state index is 11.9. The van der Waals surface area contributed by atoms with E-state index in [1.165, 1.54) is 0 Å². The molecule has 0 bridgehead atoms. The summed E-state index contributed by atoms with van der Waals surface area (Å²) in [5, 5.41) is 11.8. The second kappa shape index (κ2) is 8.38. The molecule has 26 heavy (non-hydrogen) atoms. The fourth-order valence-corrected chi connectivity index (χ4v) is 2.25. The predicted octanol–water partition coefficient (Wildman–Crippen LogP) is 4.00. The number of amides is 1. The second-order valence-electron chi connectivity index (χ2n) is 6.80. The van der Waals surface area contributed by atoms with Crippen LogP contribution >= 0.6 is 0 Å². The monoisotopic (exact) mass is 357 g/mol. The van der Waals surface area contributed by atoms with E-state index in [2.05, 4.69) is 5.32 Å². The Labute approximate surface area is 152 Å². The van der Waals surface area contributed by atoms with Crippen LogP contribution in [-0.4, -0.2) is 28.8 Å². The highest BCUT2D eigenvalue weighted by Crippen LogP contribution is 2.22. The highest BCUT2D eigenvalue weighted by atomic mass is 16.6. The Bertz CT molecular complexity index is 752. The molecule has 0 aliphatic rings. The van der Waals surface area contributed by atoms with E-state index in [1.807, 2.05) is 30.3 Å². The van der Waals surface area contributed by atoms with Gasteiger partial charge in [-0.1, -0.05) is 30.3 Å². The number of aliphatic carboxylic acids is 1. The lowest BCUT2D eigenvalue weighted by molar-refractivity contribution is -0.139. The summed E-state index contributed by atoms with van der Waals surface area (Å²) in [6.45, 7) is 5.15. The Balaban J connectivity index is 2.05. The van der Waals surface area contributed by atoms with E-state index in [0.717, 1.165) is 5.56 Å². The average molecular weight is 357 g/mol. The van der Waals surface area contributed by atoms with Crippen molar-refractivity contribution in [3.8, 4) is 11.5 Å². The first-order valence-corrected chi connectivity index (χ1v) is 8.27. The lowest BCUT2D eigenvalue weighted by Gasteiger charge is -2.22. The van der Waals surface area contributed by atoms with Gasteiger partial charge in [0.05, 0.1) is 0 Å². The molecule has 2 rings (SSSR count). The van der Waals surface area contributed by atoms with Gasteiger partial charge in [-0.3, -0.25) is 0 Å². The zero-order chi connectivity index (χ0) is 19.2. The predicted molar refractivity (Wildman–Crippen MR) is 97.5 cm³/mol. The molecule has 0 unspecified atom stereocenters. The Kier molecular flexibility index (Phi) is 6.22. The molecular formula is C20H23NO5. The van der Waals surface area contributed by atoms with Gasteiger partial charge >= 0.3 is 12.1 Å². The first kappa shape index (κ1) is 19.3. The summed E-state index contributed by atoms with van der Waals surface area (Å²) in [6, 6.07) is 15.3. The number of hydrogen-bond acceptors (Lipinski definition) is 4. The van der Waals surface area contributed by atoms with Gasteiger partial charge in [0, 0.05) is 6.42 Å². The van der Waals surface area contributed by atoms with Gasteiger partial charge in [0.25, 0.3) is 0 Å². The maximum atomic E-state index is 11.9. The largest absolute Gasteiger partial charge is 0.480 e. The fraction of sp³-hybridized carbons (Fsp3) is 0.300. The third-order valence-corrected chi connectivity index (χ3v) is 3.31. The van der Waals surface area contributed by atoms with E-state index in [-0.39, 0.29) is 6.42 Å². The molecule has 0 aliphatic carbocycles. The fourth-order valence-electron chi connectivity index (χ4n) is 2.25. The lowest BCUT2D eigenvalue weighted by Crippen LogP contribution is -2.44. The van der Waals surface area contributed by atoms with E-state index in [9.17, 15) is 14.7 Å². The Morgan fingerprint density at radius 3 is 2.31 bits per heavy atom. The van der Waals surface area contributed by atoms with Crippen molar-refractivity contribution in [3.05, 3.63) is 60.2 Å². The molecular weight excluding hydrogens is 334 g/mol. The zero-order valence-corrected chi connectivity index (χ0v) is 15.1. The maximum Gasteiger partial charge on any atom is 0.408 e. The quantitative estimate of drug-likeness (QED) is 0.816. The second-order valence-corrected chi connectivity index (χ2v) is 6.80. The molecule has 6 heteroatoms. The molecule has 2 aromatic rings. The lowest BCUT2D eigenvalue weighted by atomic mass is 10.1. The Morgan fingerprint density at radius 2 is 1.69 bits per heavy atom. The summed E-state index contributed by atoms with van der Waals surface area (Å²) in [5.74, 6) is 0.145.